The van der Waals surface area contributed by atoms with E-state index in [0.717, 1.165) is 6.07 Å². The van der Waals surface area contributed by atoms with Gasteiger partial charge in [-0.3, -0.25) is 4.90 Å². The number of carbonyl (C=O) groups excluding carboxylic acids is 2. The molecule has 1 aliphatic rings. The van der Waals surface area contributed by atoms with Crippen LogP contribution in [0.25, 0.3) is 11.5 Å². The van der Waals surface area contributed by atoms with Gasteiger partial charge in [0.25, 0.3) is 5.89 Å². The molecule has 0 radical (unpaired) electrons. The third-order valence-corrected chi connectivity index (χ3v) is 3.97. The quantitative estimate of drug-likeness (QED) is 0.569. The number of hydrogen-bond donors (Lipinski definition) is 1. The van der Waals surface area contributed by atoms with E-state index < -0.39 is 24.0 Å². The first-order chi connectivity index (χ1) is 13.4. The maximum atomic E-state index is 14.6. The van der Waals surface area contributed by atoms with Gasteiger partial charge in [0, 0.05) is 0 Å². The van der Waals surface area contributed by atoms with Gasteiger partial charge in [0.15, 0.2) is 0 Å². The van der Waals surface area contributed by atoms with Crippen LogP contribution in [-0.4, -0.2) is 53.0 Å². The molecule has 2 heterocycles. The van der Waals surface area contributed by atoms with Crippen molar-refractivity contribution in [3.63, 3.8) is 0 Å². The van der Waals surface area contributed by atoms with Gasteiger partial charge in [-0.15, -0.1) is 10.2 Å². The number of ether oxygens (including phenoxy) is 2. The minimum atomic E-state index is -0.788. The van der Waals surface area contributed by atoms with Crippen LogP contribution in [0.5, 0.6) is 0 Å². The molecule has 1 aromatic heterocycles. The van der Waals surface area contributed by atoms with Gasteiger partial charge in [-0.25, -0.2) is 14.0 Å². The minimum absolute atomic E-state index is 0.00564. The number of hydrogen-bond acceptors (Lipinski definition) is 8. The Bertz CT molecular complexity index is 919. The molecule has 1 aliphatic heterocycles. The standard InChI is InChI=1S/C17H17FN4O5S/c1-3-25-16(23)15-21-20-14(27-15)12-5-4-10(6-13(12)18)22-8-11(26-17(22)24)7-19-9(2)28/h4-6,11H,3,7-8H2,1-2H3,(H,19,28). The predicted octanol–water partition coefficient (Wildman–Crippen LogP) is 2.31. The maximum Gasteiger partial charge on any atom is 0.414 e. The molecule has 9 nitrogen and oxygen atoms in total. The Morgan fingerprint density at radius 2 is 2.25 bits per heavy atom. The monoisotopic (exact) mass is 408 g/mol. The summed E-state index contributed by atoms with van der Waals surface area (Å²) < 4.78 is 29.7. The van der Waals surface area contributed by atoms with E-state index in [1.807, 2.05) is 0 Å². The lowest BCUT2D eigenvalue weighted by molar-refractivity contribution is 0.0481. The summed E-state index contributed by atoms with van der Waals surface area (Å²) in [7, 11) is 0. The highest BCUT2D eigenvalue weighted by atomic mass is 32.1. The molecule has 11 heteroatoms. The third kappa shape index (κ3) is 4.25. The second-order valence-corrected chi connectivity index (χ2v) is 6.46. The second kappa shape index (κ2) is 8.30. The van der Waals surface area contributed by atoms with Crippen LogP contribution >= 0.6 is 12.2 Å². The topological polar surface area (TPSA) is 107 Å². The van der Waals surface area contributed by atoms with Crippen molar-refractivity contribution in [3.05, 3.63) is 29.9 Å². The van der Waals surface area contributed by atoms with Crippen molar-refractivity contribution in [1.82, 2.24) is 15.5 Å². The fraction of sp³-hybridized carbons (Fsp3) is 0.353. The molecule has 1 amide bonds. The van der Waals surface area contributed by atoms with Crippen LogP contribution in [0.1, 0.15) is 24.5 Å². The number of anilines is 1. The summed E-state index contributed by atoms with van der Waals surface area (Å²) >= 11 is 4.93. The van der Waals surface area contributed by atoms with Crippen LogP contribution < -0.4 is 10.2 Å². The predicted molar refractivity (Wildman–Crippen MR) is 99.5 cm³/mol. The molecular formula is C17H17FN4O5S. The van der Waals surface area contributed by atoms with E-state index in [2.05, 4.69) is 15.5 Å². The van der Waals surface area contributed by atoms with Gasteiger partial charge in [0.2, 0.25) is 0 Å². The van der Waals surface area contributed by atoms with Gasteiger partial charge in [0.05, 0.1) is 35.9 Å². The lowest BCUT2D eigenvalue weighted by Crippen LogP contribution is -2.32. The van der Waals surface area contributed by atoms with Crippen LogP contribution in [0, 0.1) is 5.82 Å². The number of aromatic nitrogens is 2. The number of amides is 1. The van der Waals surface area contributed by atoms with Gasteiger partial charge in [-0.2, -0.15) is 0 Å². The second-order valence-electron chi connectivity index (χ2n) is 5.85. The Morgan fingerprint density at radius 3 is 2.93 bits per heavy atom. The van der Waals surface area contributed by atoms with Gasteiger partial charge in [-0.05, 0) is 32.0 Å². The average molecular weight is 408 g/mol. The Morgan fingerprint density at radius 1 is 1.46 bits per heavy atom. The SMILES string of the molecule is CCOC(=O)c1nnc(-c2ccc(N3CC(CNC(C)=S)OC3=O)cc2F)o1. The number of thiocarbonyl (C=S) groups is 1. The van der Waals surface area contributed by atoms with Crippen molar-refractivity contribution in [2.45, 2.75) is 20.0 Å². The van der Waals surface area contributed by atoms with Gasteiger partial charge < -0.3 is 19.2 Å². The summed E-state index contributed by atoms with van der Waals surface area (Å²) in [6.45, 7) is 4.13. The number of rotatable bonds is 6. The smallest absolute Gasteiger partial charge is 0.414 e. The normalized spacial score (nSPS) is 16.0. The van der Waals surface area contributed by atoms with Gasteiger partial charge in [-0.1, -0.05) is 12.2 Å². The van der Waals surface area contributed by atoms with E-state index in [1.165, 1.54) is 17.0 Å². The van der Waals surface area contributed by atoms with Gasteiger partial charge >= 0.3 is 18.0 Å². The van der Waals surface area contributed by atoms with E-state index in [0.29, 0.717) is 17.2 Å². The Labute approximate surface area is 164 Å². The van der Waals surface area contributed by atoms with Gasteiger partial charge in [0.1, 0.15) is 11.9 Å². The average Bonchev–Trinajstić information content (AvgIpc) is 3.27. The molecule has 28 heavy (non-hydrogen) atoms. The highest BCUT2D eigenvalue weighted by molar-refractivity contribution is 7.80. The van der Waals surface area contributed by atoms with Crippen LogP contribution in [0.15, 0.2) is 22.6 Å². The summed E-state index contributed by atoms with van der Waals surface area (Å²) in [5.74, 6) is -2.02. The molecule has 1 saturated heterocycles. The molecule has 148 valence electrons. The van der Waals surface area contributed by atoms with Crippen LogP contribution in [-0.2, 0) is 9.47 Å². The van der Waals surface area contributed by atoms with E-state index >= 15 is 0 Å². The minimum Gasteiger partial charge on any atom is -0.459 e. The first-order valence-electron chi connectivity index (χ1n) is 8.42. The number of nitrogens with one attached hydrogen (secondary N) is 1. The van der Waals surface area contributed by atoms with E-state index in [4.69, 9.17) is 26.1 Å². The lowest BCUT2D eigenvalue weighted by Gasteiger charge is -2.14. The van der Waals surface area contributed by atoms with Crippen molar-refractivity contribution in [3.8, 4) is 11.5 Å². The molecule has 1 N–H and O–H groups in total. The highest BCUT2D eigenvalue weighted by Gasteiger charge is 2.32. The zero-order valence-corrected chi connectivity index (χ0v) is 15.9. The van der Waals surface area contributed by atoms with Crippen molar-refractivity contribution in [1.29, 1.82) is 0 Å². The lowest BCUT2D eigenvalue weighted by atomic mass is 10.1. The molecule has 1 fully saturated rings. The summed E-state index contributed by atoms with van der Waals surface area (Å²) in [4.78, 5) is 25.6. The largest absolute Gasteiger partial charge is 0.459 e. The fourth-order valence-corrected chi connectivity index (χ4v) is 2.63. The van der Waals surface area contributed by atoms with Crippen LogP contribution in [0.2, 0.25) is 0 Å². The molecule has 1 unspecified atom stereocenters. The first kappa shape index (κ1) is 19.7. The zero-order chi connectivity index (χ0) is 20.3. The van der Waals surface area contributed by atoms with Crippen molar-refractivity contribution < 1.29 is 27.9 Å². The number of carbonyl (C=O) groups is 2. The third-order valence-electron chi connectivity index (χ3n) is 3.82. The summed E-state index contributed by atoms with van der Waals surface area (Å²) in [6.07, 6.45) is -0.987. The molecule has 0 spiro atoms. The molecule has 1 atom stereocenters. The fourth-order valence-electron chi connectivity index (χ4n) is 2.55. The molecule has 1 aromatic carbocycles. The zero-order valence-electron chi connectivity index (χ0n) is 15.1. The number of nitrogens with zero attached hydrogens (tertiary/aromatic N) is 3. The Balaban J connectivity index is 1.75. The number of cyclic esters (lactones) is 1. The highest BCUT2D eigenvalue weighted by Crippen LogP contribution is 2.28. The number of benzene rings is 1. The summed E-state index contributed by atoms with van der Waals surface area (Å²) in [6, 6.07) is 4.06. The maximum absolute atomic E-state index is 14.6. The molecular weight excluding hydrogens is 391 g/mol. The van der Waals surface area contributed by atoms with Crippen molar-refractivity contribution in [2.75, 3.05) is 24.6 Å². The number of halogens is 1. The van der Waals surface area contributed by atoms with Crippen LogP contribution in [0.4, 0.5) is 14.9 Å². The van der Waals surface area contributed by atoms with Crippen molar-refractivity contribution in [2.24, 2.45) is 0 Å². The molecule has 0 aliphatic carbocycles. The molecule has 0 saturated carbocycles. The summed E-state index contributed by atoms with van der Waals surface area (Å²) in [5.41, 5.74) is 0.312. The summed E-state index contributed by atoms with van der Waals surface area (Å²) in [5, 5.41) is 10.1. The number of esters is 1. The Hall–Kier alpha value is -3.08. The van der Waals surface area contributed by atoms with E-state index in [-0.39, 0.29) is 30.5 Å². The molecule has 3 rings (SSSR count). The van der Waals surface area contributed by atoms with E-state index in [1.54, 1.807) is 13.8 Å². The van der Waals surface area contributed by atoms with Crippen LogP contribution in [0.3, 0.4) is 0 Å². The first-order valence-corrected chi connectivity index (χ1v) is 8.83. The van der Waals surface area contributed by atoms with Crippen molar-refractivity contribution >= 4 is 35.0 Å². The molecule has 2 aromatic rings. The molecule has 0 bridgehead atoms. The Kier molecular flexibility index (Phi) is 5.83. The van der Waals surface area contributed by atoms with E-state index in [9.17, 15) is 14.0 Å².